The molecule has 0 aliphatic rings. The monoisotopic (exact) mass is 207 g/mol. The van der Waals surface area contributed by atoms with Crippen molar-refractivity contribution in [3.8, 4) is 0 Å². The molecule has 0 rings (SSSR count). The van der Waals surface area contributed by atoms with Crippen molar-refractivity contribution in [1.29, 1.82) is 0 Å². The molecule has 4 nitrogen and oxygen atoms in total. The predicted molar refractivity (Wildman–Crippen MR) is 19.1 cm³/mol. The van der Waals surface area contributed by atoms with E-state index in [1.54, 1.807) is 0 Å². The van der Waals surface area contributed by atoms with Crippen LogP contribution in [0.1, 0.15) is 0 Å². The second-order valence-electron chi connectivity index (χ2n) is 0.447. The van der Waals surface area contributed by atoms with Gasteiger partial charge in [0.25, 0.3) is 0 Å². The third kappa shape index (κ3) is 60.8. The quantitative estimate of drug-likeness (QED) is 0.303. The van der Waals surface area contributed by atoms with E-state index in [0.29, 0.717) is 0 Å². The van der Waals surface area contributed by atoms with Crippen molar-refractivity contribution < 1.29 is 19.2 Å². The molecule has 0 atom stereocenters. The van der Waals surface area contributed by atoms with Crippen molar-refractivity contribution in [2.75, 3.05) is 0 Å². The van der Waals surface area contributed by atoms with Crippen LogP contribution in [-0.2, 0) is 4.57 Å². The van der Waals surface area contributed by atoms with Crippen LogP contribution in [0.5, 0.6) is 0 Å². The van der Waals surface area contributed by atoms with Gasteiger partial charge in [-0.3, -0.25) is 0 Å². The number of rotatable bonds is 0. The first-order chi connectivity index (χ1) is 2.00. The van der Waals surface area contributed by atoms with Gasteiger partial charge in [-0.15, -0.1) is 0 Å². The van der Waals surface area contributed by atoms with E-state index in [-0.39, 0.29) is 68.5 Å². The average Bonchev–Trinajstić information content (AvgIpc) is 0.722. The van der Waals surface area contributed by atoms with Crippen LogP contribution in [0.3, 0.4) is 0 Å². The van der Waals surface area contributed by atoms with Crippen LogP contribution in [-0.4, -0.2) is 68.5 Å². The molecule has 0 bridgehead atoms. The van der Waals surface area contributed by atoms with Crippen molar-refractivity contribution in [3.05, 3.63) is 0 Å². The topological polar surface area (TPSA) is 86.2 Å². The van der Waals surface area contributed by atoms with E-state index in [9.17, 15) is 0 Å². The second kappa shape index (κ2) is 6.48. The maximum absolute atomic E-state index is 8.55. The van der Waals surface area contributed by atoms with E-state index in [4.69, 9.17) is 19.2 Å². The van der Waals surface area contributed by atoms with Gasteiger partial charge in [-0.05, 0) is 0 Å². The van der Waals surface area contributed by atoms with Gasteiger partial charge in [-0.2, -0.15) is 7.82 Å². The van der Waals surface area contributed by atoms with Crippen LogP contribution in [0.15, 0.2) is 0 Å². The smallest absolute Gasteiger partial charge is 0.822 e. The first-order valence-electron chi connectivity index (χ1n) is 0.730. The fourth-order valence-corrected chi connectivity index (χ4v) is 0. The molecule has 0 heterocycles. The molecule has 0 saturated carbocycles. The minimum absolute atomic E-state index is 0. The second-order valence-corrected chi connectivity index (χ2v) is 1.34. The molecule has 32 valence electrons. The molecule has 0 aromatic heterocycles. The summed E-state index contributed by atoms with van der Waals surface area (Å²) < 4.78 is 8.55. The molecule has 7 heavy (non-hydrogen) atoms. The molecule has 0 aromatic carbocycles. The third-order valence-electron chi connectivity index (χ3n) is 0. The van der Waals surface area contributed by atoms with Crippen LogP contribution in [0.25, 0.3) is 0 Å². The molecule has 0 aliphatic carbocycles. The maximum Gasteiger partial charge on any atom is 2.00 e. The molecule has 0 N–H and O–H groups in total. The standard InChI is InChI=1S/Mg.H3O4P.Sr/c;1-5(2,3)4;/h;(H3,1,2,3,4);/q+2;;+2/p-3. The van der Waals surface area contributed by atoms with E-state index >= 15 is 0 Å². The Morgan fingerprint density at radius 3 is 1.14 bits per heavy atom. The molecule has 0 unspecified atom stereocenters. The predicted octanol–water partition coefficient (Wildman–Crippen LogP) is -3.59. The first-order valence-corrected chi connectivity index (χ1v) is 2.19. The van der Waals surface area contributed by atoms with Crippen molar-refractivity contribution in [1.82, 2.24) is 0 Å². The van der Waals surface area contributed by atoms with Crippen molar-refractivity contribution in [2.45, 2.75) is 0 Å². The summed E-state index contributed by atoms with van der Waals surface area (Å²) in [5, 5.41) is 0. The Morgan fingerprint density at radius 1 is 1.14 bits per heavy atom. The zero-order valence-corrected chi connectivity index (χ0v) is 9.28. The molecular weight excluding hydrogens is 207 g/mol. The van der Waals surface area contributed by atoms with Gasteiger partial charge in [0.15, 0.2) is 0 Å². The summed E-state index contributed by atoms with van der Waals surface area (Å²) in [7, 11) is -5.39. The van der Waals surface area contributed by atoms with Gasteiger partial charge in [-0.25, -0.2) is 0 Å². The molecule has 0 radical (unpaired) electrons. The summed E-state index contributed by atoms with van der Waals surface area (Å²) in [6.07, 6.45) is 0. The van der Waals surface area contributed by atoms with Gasteiger partial charge >= 0.3 is 68.5 Å². The summed E-state index contributed by atoms with van der Waals surface area (Å²) in [6.45, 7) is 0. The van der Waals surface area contributed by atoms with Crippen LogP contribution in [0.2, 0.25) is 0 Å². The third-order valence-corrected chi connectivity index (χ3v) is 0. The fraction of sp³-hybridized carbons (Fsp3) is 0. The SMILES string of the molecule is O=P([O-])([O-])[O-].[Mg+2].[Sr+2]. The average molecular weight is 207 g/mol. The maximum atomic E-state index is 8.55. The largest absolute Gasteiger partial charge is 2.00 e. The molecule has 0 amide bonds. The summed E-state index contributed by atoms with van der Waals surface area (Å²) in [5.41, 5.74) is 0. The minimum Gasteiger partial charge on any atom is -0.822 e. The van der Waals surface area contributed by atoms with E-state index in [0.717, 1.165) is 0 Å². The van der Waals surface area contributed by atoms with Crippen LogP contribution >= 0.6 is 7.82 Å². The molecule has 0 saturated heterocycles. The summed E-state index contributed by atoms with van der Waals surface area (Å²) in [6, 6.07) is 0. The molecular formula is MgO4PSr+. The zero-order chi connectivity index (χ0) is 4.50. The Balaban J connectivity index is -0.0000000800. The molecule has 0 aliphatic heterocycles. The first kappa shape index (κ1) is 16.2. The van der Waals surface area contributed by atoms with E-state index < -0.39 is 7.82 Å². The van der Waals surface area contributed by atoms with E-state index in [1.165, 1.54) is 0 Å². The summed E-state index contributed by atoms with van der Waals surface area (Å²) in [5.74, 6) is 0. The van der Waals surface area contributed by atoms with Crippen LogP contribution in [0.4, 0.5) is 0 Å². The van der Waals surface area contributed by atoms with Gasteiger partial charge in [-0.1, -0.05) is 0 Å². The number of phosphoric acid groups is 1. The van der Waals surface area contributed by atoms with E-state index in [1.807, 2.05) is 0 Å². The fourth-order valence-electron chi connectivity index (χ4n) is 0. The van der Waals surface area contributed by atoms with Gasteiger partial charge in [0.1, 0.15) is 0 Å². The van der Waals surface area contributed by atoms with Crippen molar-refractivity contribution in [3.63, 3.8) is 0 Å². The summed E-state index contributed by atoms with van der Waals surface area (Å²) in [4.78, 5) is 25.6. The molecule has 7 heteroatoms. The molecule has 0 aromatic rings. The van der Waals surface area contributed by atoms with Gasteiger partial charge in [0.2, 0.25) is 0 Å². The zero-order valence-electron chi connectivity index (χ0n) is 3.49. The number of hydrogen-bond donors (Lipinski definition) is 0. The molecule has 0 spiro atoms. The Labute approximate surface area is 94.0 Å². The summed E-state index contributed by atoms with van der Waals surface area (Å²) >= 11 is 0. The van der Waals surface area contributed by atoms with Crippen molar-refractivity contribution in [2.24, 2.45) is 0 Å². The minimum atomic E-state index is -5.39. The Bertz CT molecular complexity index is 57.8. The molecule has 0 fully saturated rings. The Kier molecular flexibility index (Phi) is 15.0. The Morgan fingerprint density at radius 2 is 1.14 bits per heavy atom. The van der Waals surface area contributed by atoms with Crippen LogP contribution in [0, 0.1) is 0 Å². The number of hydrogen-bond acceptors (Lipinski definition) is 4. The van der Waals surface area contributed by atoms with Crippen molar-refractivity contribution >= 4 is 76.4 Å². The van der Waals surface area contributed by atoms with Gasteiger partial charge < -0.3 is 19.2 Å². The normalized spacial score (nSPS) is 8.43. The van der Waals surface area contributed by atoms with E-state index in [2.05, 4.69) is 0 Å². The van der Waals surface area contributed by atoms with Gasteiger partial charge in [0, 0.05) is 0 Å². The van der Waals surface area contributed by atoms with Gasteiger partial charge in [0.05, 0.1) is 0 Å². The Hall–Kier alpha value is 2.36. The van der Waals surface area contributed by atoms with Crippen LogP contribution < -0.4 is 14.7 Å².